The Morgan fingerprint density at radius 2 is 2.14 bits per heavy atom. The van der Waals surface area contributed by atoms with Gasteiger partial charge in [0.2, 0.25) is 5.52 Å². The van der Waals surface area contributed by atoms with Crippen molar-refractivity contribution in [2.45, 2.75) is 24.8 Å². The normalized spacial score (nSPS) is 25.2. The number of imidazole rings is 1. The van der Waals surface area contributed by atoms with Gasteiger partial charge in [-0.15, -0.1) is 0 Å². The molecular weight excluding hydrogens is 422 g/mol. The van der Waals surface area contributed by atoms with E-state index in [2.05, 4.69) is 18.8 Å². The first kappa shape index (κ1) is 21.0. The molecule has 3 heterocycles. The molecule has 0 radical (unpaired) electrons. The molecule has 0 bridgehead atoms. The lowest BCUT2D eigenvalue weighted by atomic mass is 10.1. The number of nitrogen functional groups attached to an aromatic ring is 1. The molecule has 15 nitrogen and oxygen atoms in total. The molecule has 3 rings (SSSR count). The summed E-state index contributed by atoms with van der Waals surface area (Å²) in [5.41, 5.74) is 11.5. The van der Waals surface area contributed by atoms with Gasteiger partial charge in [-0.3, -0.25) is 23.2 Å². The van der Waals surface area contributed by atoms with E-state index >= 15 is 0 Å². The largest absolute Gasteiger partial charge is 0.790 e. The van der Waals surface area contributed by atoms with E-state index in [1.165, 1.54) is 15.5 Å². The molecule has 0 aliphatic carbocycles. The minimum Gasteiger partial charge on any atom is -0.790 e. The lowest BCUT2D eigenvalue weighted by Crippen LogP contribution is -2.39. The first-order chi connectivity index (χ1) is 12.9. The summed E-state index contributed by atoms with van der Waals surface area (Å²) in [6.45, 7) is -0.681. The molecule has 2 aromatic rings. The second-order valence-corrected chi connectivity index (χ2v) is 8.76. The summed E-state index contributed by atoms with van der Waals surface area (Å²) in [6, 6.07) is -0.710. The summed E-state index contributed by atoms with van der Waals surface area (Å²) < 4.78 is 38.2. The summed E-state index contributed by atoms with van der Waals surface area (Å²) in [4.78, 5) is 50.7. The van der Waals surface area contributed by atoms with Crippen molar-refractivity contribution in [1.82, 2.24) is 14.5 Å². The number of nitrogens with two attached hydrogens (primary N) is 2. The molecule has 5 N–H and O–H groups in total. The number of phosphoric acid groups is 2. The van der Waals surface area contributed by atoms with E-state index in [1.807, 2.05) is 0 Å². The van der Waals surface area contributed by atoms with E-state index in [1.54, 1.807) is 7.05 Å². The SMILES string of the molecule is Cn1c[n+]([C@H]2C[C@@H](N)[C@@H](COP(=O)([O-])OP(=O)([O-])[O-])O2)c2nc(N)[nH]c(=O)c21. The Labute approximate surface area is 156 Å². The number of hydrogen-bond acceptors (Lipinski definition) is 12. The van der Waals surface area contributed by atoms with Crippen molar-refractivity contribution in [2.24, 2.45) is 12.8 Å². The Bertz CT molecular complexity index is 1050. The molecule has 0 aromatic carbocycles. The Hall–Kier alpha value is -1.67. The van der Waals surface area contributed by atoms with Crippen molar-refractivity contribution in [3.05, 3.63) is 16.7 Å². The van der Waals surface area contributed by atoms with Gasteiger partial charge < -0.3 is 40.0 Å². The average Bonchev–Trinajstić information content (AvgIpc) is 3.03. The van der Waals surface area contributed by atoms with Gasteiger partial charge in [-0.25, -0.2) is 4.57 Å². The average molecular weight is 438 g/mol. The Morgan fingerprint density at radius 3 is 2.79 bits per heavy atom. The van der Waals surface area contributed by atoms with Gasteiger partial charge >= 0.3 is 5.65 Å². The number of nitrogens with zero attached hydrogens (tertiary/aromatic N) is 3. The number of nitrogens with one attached hydrogen (secondary N) is 1. The van der Waals surface area contributed by atoms with Crippen LogP contribution in [0.2, 0.25) is 0 Å². The van der Waals surface area contributed by atoms with Gasteiger partial charge in [0, 0.05) is 12.5 Å². The number of fused-ring (bicyclic) bond motifs is 1. The summed E-state index contributed by atoms with van der Waals surface area (Å²) in [6.07, 6.45) is 0.00562. The number of rotatable bonds is 6. The third kappa shape index (κ3) is 4.49. The molecular formula is C11H16N6O9P2-2. The van der Waals surface area contributed by atoms with Crippen LogP contribution in [0, 0.1) is 0 Å². The molecule has 4 atom stereocenters. The van der Waals surface area contributed by atoms with Gasteiger partial charge in [0.1, 0.15) is 6.10 Å². The number of ether oxygens (including phenoxy) is 1. The third-order valence-electron chi connectivity index (χ3n) is 3.98. The smallest absolute Gasteiger partial charge is 0.313 e. The van der Waals surface area contributed by atoms with Crippen LogP contribution >= 0.6 is 15.6 Å². The molecule has 1 aliphatic heterocycles. The number of anilines is 1. The van der Waals surface area contributed by atoms with Gasteiger partial charge in [-0.1, -0.05) is 4.98 Å². The summed E-state index contributed by atoms with van der Waals surface area (Å²) in [5.74, 6) is -0.108. The summed E-state index contributed by atoms with van der Waals surface area (Å²) >= 11 is 0. The van der Waals surface area contributed by atoms with E-state index in [0.717, 1.165) is 0 Å². The predicted octanol–water partition coefficient (Wildman–Crippen LogP) is -3.92. The molecule has 1 fully saturated rings. The van der Waals surface area contributed by atoms with Gasteiger partial charge in [-0.05, 0) is 0 Å². The third-order valence-corrected chi connectivity index (χ3v) is 6.05. The van der Waals surface area contributed by atoms with Crippen molar-refractivity contribution in [1.29, 1.82) is 0 Å². The van der Waals surface area contributed by atoms with Gasteiger partial charge in [0.25, 0.3) is 19.3 Å². The summed E-state index contributed by atoms with van der Waals surface area (Å²) in [5, 5.41) is 0. The molecule has 1 unspecified atom stereocenters. The van der Waals surface area contributed by atoms with Crippen LogP contribution in [0.15, 0.2) is 11.1 Å². The highest BCUT2D eigenvalue weighted by molar-refractivity contribution is 7.58. The van der Waals surface area contributed by atoms with Gasteiger partial charge in [0.15, 0.2) is 12.6 Å². The molecule has 0 amide bonds. The van der Waals surface area contributed by atoms with E-state index < -0.39 is 46.2 Å². The highest BCUT2D eigenvalue weighted by Crippen LogP contribution is 2.50. The quantitative estimate of drug-likeness (QED) is 0.289. The van der Waals surface area contributed by atoms with Crippen LogP contribution in [0.4, 0.5) is 5.95 Å². The lowest BCUT2D eigenvalue weighted by molar-refractivity contribution is -0.739. The molecule has 0 spiro atoms. The fourth-order valence-corrected chi connectivity index (χ4v) is 4.37. The van der Waals surface area contributed by atoms with Crippen LogP contribution in [-0.4, -0.2) is 33.3 Å². The fourth-order valence-electron chi connectivity index (χ4n) is 2.88. The Kier molecular flexibility index (Phi) is 5.49. The van der Waals surface area contributed by atoms with E-state index in [4.69, 9.17) is 16.2 Å². The molecule has 156 valence electrons. The van der Waals surface area contributed by atoms with E-state index in [0.29, 0.717) is 0 Å². The lowest BCUT2D eigenvalue weighted by Gasteiger charge is -2.35. The zero-order valence-electron chi connectivity index (χ0n) is 14.3. The predicted molar refractivity (Wildman–Crippen MR) is 84.7 cm³/mol. The molecule has 1 saturated heterocycles. The highest BCUT2D eigenvalue weighted by atomic mass is 31.3. The second kappa shape index (κ2) is 7.30. The topological polar surface area (TPSA) is 238 Å². The van der Waals surface area contributed by atoms with Crippen LogP contribution in [0.5, 0.6) is 0 Å². The van der Waals surface area contributed by atoms with Crippen molar-refractivity contribution in [2.75, 3.05) is 12.3 Å². The highest BCUT2D eigenvalue weighted by Gasteiger charge is 2.38. The second-order valence-electron chi connectivity index (χ2n) is 6.06. The first-order valence-electron chi connectivity index (χ1n) is 7.72. The fraction of sp³-hybridized carbons (Fsp3) is 0.545. The van der Waals surface area contributed by atoms with Gasteiger partial charge in [0.05, 0.1) is 21.5 Å². The zero-order chi connectivity index (χ0) is 20.9. The minimum atomic E-state index is -5.79. The summed E-state index contributed by atoms with van der Waals surface area (Å²) in [7, 11) is -9.57. The monoisotopic (exact) mass is 438 g/mol. The van der Waals surface area contributed by atoms with Crippen LogP contribution < -0.4 is 36.3 Å². The first-order valence-corrected chi connectivity index (χ1v) is 10.6. The molecule has 1 aliphatic rings. The maximum Gasteiger partial charge on any atom is 0.313 e. The number of H-pyrrole nitrogens is 1. The Morgan fingerprint density at radius 1 is 1.46 bits per heavy atom. The Balaban J connectivity index is 1.78. The van der Waals surface area contributed by atoms with E-state index in [9.17, 15) is 28.6 Å². The van der Waals surface area contributed by atoms with Crippen LogP contribution in [0.3, 0.4) is 0 Å². The molecule has 2 aromatic heterocycles. The van der Waals surface area contributed by atoms with E-state index in [-0.39, 0.29) is 23.5 Å². The number of aromatic amines is 1. The van der Waals surface area contributed by atoms with Crippen molar-refractivity contribution >= 4 is 32.8 Å². The number of aryl methyl sites for hydroxylation is 1. The maximum absolute atomic E-state index is 12.1. The number of hydrogen-bond donors (Lipinski definition) is 3. The van der Waals surface area contributed by atoms with Crippen LogP contribution in [-0.2, 0) is 29.7 Å². The number of phosphoric ester groups is 1. The van der Waals surface area contributed by atoms with Crippen LogP contribution in [0.25, 0.3) is 11.2 Å². The zero-order valence-corrected chi connectivity index (χ0v) is 16.1. The maximum atomic E-state index is 12.1. The van der Waals surface area contributed by atoms with Gasteiger partial charge in [-0.2, -0.15) is 0 Å². The molecule has 28 heavy (non-hydrogen) atoms. The van der Waals surface area contributed by atoms with Crippen molar-refractivity contribution in [3.8, 4) is 0 Å². The molecule has 17 heteroatoms. The van der Waals surface area contributed by atoms with Crippen molar-refractivity contribution < 1.29 is 41.9 Å². The standard InChI is InChI=1S/C11H18N6O9P2/c1-16-4-17(9-8(16)10(18)15-11(13)14-9)7-2-5(12)6(25-7)3-24-28(22,23)26-27(19,20)21/h4-7H,2-3,12H2,1H3,(H5-,13,14,15,18,19,20,21,22,23)/p-2/t5-,6-,7-/m1/s1. The minimum absolute atomic E-state index is 0.108. The van der Waals surface area contributed by atoms with Crippen molar-refractivity contribution in [3.63, 3.8) is 0 Å². The number of aromatic nitrogens is 4. The molecule has 0 saturated carbocycles. The van der Waals surface area contributed by atoms with Crippen LogP contribution in [0.1, 0.15) is 12.6 Å².